The smallest absolute Gasteiger partial charge is 0.463 e. The summed E-state index contributed by atoms with van der Waals surface area (Å²) in [6.45, 7) is 2.27. The van der Waals surface area contributed by atoms with E-state index in [2.05, 4.69) is 0 Å². The summed E-state index contributed by atoms with van der Waals surface area (Å²) >= 11 is 0. The van der Waals surface area contributed by atoms with Crippen molar-refractivity contribution in [3.63, 3.8) is 0 Å². The molecule has 0 fully saturated rings. The Hall–Kier alpha value is -1.86. The van der Waals surface area contributed by atoms with Crippen LogP contribution >= 0.6 is 0 Å². The molecule has 0 spiro atoms. The number of hydrogen-bond acceptors (Lipinski definition) is 2. The molecular formula is C13H14F5NO2. The Labute approximate surface area is 118 Å². The van der Waals surface area contributed by atoms with E-state index in [1.165, 1.54) is 38.1 Å². The summed E-state index contributed by atoms with van der Waals surface area (Å²) in [6, 6.07) is 4.31. The molecule has 8 heteroatoms. The van der Waals surface area contributed by atoms with Gasteiger partial charge in [-0.25, -0.2) is 0 Å². The van der Waals surface area contributed by atoms with Crippen molar-refractivity contribution in [2.24, 2.45) is 0 Å². The second kappa shape index (κ2) is 5.87. The molecular weight excluding hydrogens is 297 g/mol. The van der Waals surface area contributed by atoms with Crippen LogP contribution in [0, 0.1) is 0 Å². The first-order valence-electron chi connectivity index (χ1n) is 6.07. The fourth-order valence-electron chi connectivity index (χ4n) is 1.86. The second-order valence-electron chi connectivity index (χ2n) is 4.43. The molecule has 0 saturated carbocycles. The van der Waals surface area contributed by atoms with Gasteiger partial charge in [0.1, 0.15) is 5.75 Å². The Morgan fingerprint density at radius 1 is 1.29 bits per heavy atom. The monoisotopic (exact) mass is 311 g/mol. The van der Waals surface area contributed by atoms with Crippen LogP contribution in [0.15, 0.2) is 24.3 Å². The molecule has 1 unspecified atom stereocenters. The highest BCUT2D eigenvalue weighted by atomic mass is 19.4. The van der Waals surface area contributed by atoms with Crippen molar-refractivity contribution in [1.82, 2.24) is 4.90 Å². The van der Waals surface area contributed by atoms with Crippen LogP contribution < -0.4 is 0 Å². The SMILES string of the molecule is CCN(C(=O)C(F)(F)C(F)(F)F)C(C)c1cccc(O)c1. The molecule has 3 nitrogen and oxygen atoms in total. The van der Waals surface area contributed by atoms with Gasteiger partial charge in [-0.2, -0.15) is 22.0 Å². The average molecular weight is 311 g/mol. The predicted octanol–water partition coefficient (Wildman–Crippen LogP) is 3.50. The first-order valence-corrected chi connectivity index (χ1v) is 6.07. The van der Waals surface area contributed by atoms with Crippen molar-refractivity contribution in [1.29, 1.82) is 0 Å². The van der Waals surface area contributed by atoms with Crippen molar-refractivity contribution in [2.75, 3.05) is 6.54 Å². The van der Waals surface area contributed by atoms with Crippen molar-refractivity contribution in [3.8, 4) is 5.75 Å². The zero-order chi connectivity index (χ0) is 16.4. The van der Waals surface area contributed by atoms with Gasteiger partial charge >= 0.3 is 18.0 Å². The Morgan fingerprint density at radius 2 is 1.86 bits per heavy atom. The van der Waals surface area contributed by atoms with E-state index in [1.807, 2.05) is 0 Å². The van der Waals surface area contributed by atoms with Crippen LogP contribution in [0.25, 0.3) is 0 Å². The van der Waals surface area contributed by atoms with Gasteiger partial charge < -0.3 is 10.0 Å². The molecule has 0 aliphatic carbocycles. The maximum absolute atomic E-state index is 13.2. The lowest BCUT2D eigenvalue weighted by molar-refractivity contribution is -0.275. The van der Waals surface area contributed by atoms with Gasteiger partial charge in [0.05, 0.1) is 6.04 Å². The zero-order valence-electron chi connectivity index (χ0n) is 11.3. The van der Waals surface area contributed by atoms with Gasteiger partial charge in [-0.1, -0.05) is 12.1 Å². The highest BCUT2D eigenvalue weighted by Crippen LogP contribution is 2.38. The van der Waals surface area contributed by atoms with Crippen LogP contribution in [0.3, 0.4) is 0 Å². The van der Waals surface area contributed by atoms with E-state index in [4.69, 9.17) is 0 Å². The van der Waals surface area contributed by atoms with Crippen LogP contribution in [0.5, 0.6) is 5.75 Å². The molecule has 1 aromatic rings. The fourth-order valence-corrected chi connectivity index (χ4v) is 1.86. The van der Waals surface area contributed by atoms with Gasteiger partial charge in [0.15, 0.2) is 0 Å². The summed E-state index contributed by atoms with van der Waals surface area (Å²) in [7, 11) is 0. The third-order valence-corrected chi connectivity index (χ3v) is 3.05. The molecule has 21 heavy (non-hydrogen) atoms. The molecule has 1 N–H and O–H groups in total. The van der Waals surface area contributed by atoms with Gasteiger partial charge in [0, 0.05) is 6.54 Å². The molecule has 118 valence electrons. The van der Waals surface area contributed by atoms with Gasteiger partial charge in [-0.15, -0.1) is 0 Å². The van der Waals surface area contributed by atoms with Gasteiger partial charge in [0.25, 0.3) is 0 Å². The molecule has 1 atom stereocenters. The Kier molecular flexibility index (Phi) is 4.80. The number of phenolic OH excluding ortho intramolecular Hbond substituents is 1. The zero-order valence-corrected chi connectivity index (χ0v) is 11.3. The number of nitrogens with zero attached hydrogens (tertiary/aromatic N) is 1. The van der Waals surface area contributed by atoms with Gasteiger partial charge in [-0.3, -0.25) is 4.79 Å². The quantitative estimate of drug-likeness (QED) is 0.865. The Morgan fingerprint density at radius 3 is 2.29 bits per heavy atom. The summed E-state index contributed by atoms with van der Waals surface area (Å²) in [5.41, 5.74) is 0.253. The van der Waals surface area contributed by atoms with Crippen molar-refractivity contribution in [3.05, 3.63) is 29.8 Å². The van der Waals surface area contributed by atoms with Crippen molar-refractivity contribution < 1.29 is 31.9 Å². The predicted molar refractivity (Wildman–Crippen MR) is 64.9 cm³/mol. The molecule has 0 heterocycles. The fraction of sp³-hybridized carbons (Fsp3) is 0.462. The van der Waals surface area contributed by atoms with E-state index in [-0.39, 0.29) is 17.9 Å². The minimum absolute atomic E-state index is 0.176. The number of carbonyl (C=O) groups is 1. The summed E-state index contributed by atoms with van der Waals surface area (Å²) in [4.78, 5) is 12.0. The van der Waals surface area contributed by atoms with Crippen molar-refractivity contribution >= 4 is 5.91 Å². The Balaban J connectivity index is 3.11. The van der Waals surface area contributed by atoms with Crippen molar-refractivity contribution in [2.45, 2.75) is 32.0 Å². The molecule has 0 radical (unpaired) electrons. The molecule has 1 aromatic carbocycles. The lowest BCUT2D eigenvalue weighted by atomic mass is 10.1. The normalized spacial score (nSPS) is 13.9. The minimum Gasteiger partial charge on any atom is -0.508 e. The van der Waals surface area contributed by atoms with Crippen LogP contribution in [-0.4, -0.2) is 34.6 Å². The highest BCUT2D eigenvalue weighted by Gasteiger charge is 2.64. The largest absolute Gasteiger partial charge is 0.508 e. The third-order valence-electron chi connectivity index (χ3n) is 3.05. The maximum Gasteiger partial charge on any atom is 0.463 e. The lowest BCUT2D eigenvalue weighted by Gasteiger charge is -2.32. The molecule has 0 aliphatic rings. The van der Waals surface area contributed by atoms with Crippen LogP contribution in [0.2, 0.25) is 0 Å². The van der Waals surface area contributed by atoms with E-state index in [9.17, 15) is 31.9 Å². The number of benzene rings is 1. The van der Waals surface area contributed by atoms with Crippen LogP contribution in [0.1, 0.15) is 25.5 Å². The summed E-state index contributed by atoms with van der Waals surface area (Å²) in [6.07, 6.45) is -5.95. The first-order chi connectivity index (χ1) is 9.52. The molecule has 0 saturated heterocycles. The summed E-state index contributed by atoms with van der Waals surface area (Å²) in [5.74, 6) is -7.94. The van der Waals surface area contributed by atoms with E-state index >= 15 is 0 Å². The number of rotatable bonds is 4. The summed E-state index contributed by atoms with van der Waals surface area (Å²) < 4.78 is 63.1. The first kappa shape index (κ1) is 17.2. The molecule has 0 aliphatic heterocycles. The molecule has 1 rings (SSSR count). The lowest BCUT2D eigenvalue weighted by Crippen LogP contribution is -2.52. The minimum atomic E-state index is -5.95. The number of alkyl halides is 5. The van der Waals surface area contributed by atoms with Gasteiger partial charge in [-0.05, 0) is 31.5 Å². The summed E-state index contributed by atoms with van der Waals surface area (Å²) in [5, 5.41) is 9.31. The maximum atomic E-state index is 13.2. The molecule has 1 amide bonds. The Bertz CT molecular complexity index is 516. The molecule has 0 aromatic heterocycles. The number of carbonyl (C=O) groups excluding carboxylic acids is 1. The number of phenols is 1. The number of aromatic hydroxyl groups is 1. The highest BCUT2D eigenvalue weighted by molar-refractivity contribution is 5.84. The van der Waals surface area contributed by atoms with E-state index in [1.54, 1.807) is 0 Å². The van der Waals surface area contributed by atoms with Crippen LogP contribution in [0.4, 0.5) is 22.0 Å². The van der Waals surface area contributed by atoms with E-state index in [0.29, 0.717) is 4.90 Å². The topological polar surface area (TPSA) is 40.5 Å². The van der Waals surface area contributed by atoms with Gasteiger partial charge in [0.2, 0.25) is 0 Å². The standard InChI is InChI=1S/C13H14F5NO2/c1-3-19(11(21)12(14,15)13(16,17)18)8(2)9-5-4-6-10(20)7-9/h4-8,20H,3H2,1-2H3. The van der Waals surface area contributed by atoms with Crippen LogP contribution in [-0.2, 0) is 4.79 Å². The van der Waals surface area contributed by atoms with E-state index in [0.717, 1.165) is 0 Å². The third kappa shape index (κ3) is 3.43. The number of amides is 1. The number of halogens is 5. The number of hydrogen-bond donors (Lipinski definition) is 1. The molecule has 0 bridgehead atoms. The second-order valence-corrected chi connectivity index (χ2v) is 4.43. The van der Waals surface area contributed by atoms with E-state index < -0.39 is 24.0 Å². The average Bonchev–Trinajstić information content (AvgIpc) is 2.37.